The van der Waals surface area contributed by atoms with Crippen LogP contribution in [0.25, 0.3) is 22.5 Å². The van der Waals surface area contributed by atoms with Crippen molar-refractivity contribution in [2.75, 3.05) is 7.11 Å². The molecule has 0 bridgehead atoms. The molecule has 2 N–H and O–H groups in total. The minimum atomic E-state index is -4.07. The maximum Gasteiger partial charge on any atom is 0.238 e. The van der Waals surface area contributed by atoms with Gasteiger partial charge in [-0.25, -0.2) is 13.6 Å². The third-order valence-electron chi connectivity index (χ3n) is 4.82. The van der Waals surface area contributed by atoms with E-state index in [-0.39, 0.29) is 16.3 Å². The second kappa shape index (κ2) is 8.58. The molecule has 4 rings (SSSR count). The lowest BCUT2D eigenvalue weighted by Crippen LogP contribution is -2.14. The Labute approximate surface area is 184 Å². The highest BCUT2D eigenvalue weighted by molar-refractivity contribution is 7.89. The predicted octanol–water partition coefficient (Wildman–Crippen LogP) is 2.58. The molecule has 0 aliphatic heterocycles. The van der Waals surface area contributed by atoms with E-state index >= 15 is 0 Å². The molecular weight excluding hydrogens is 428 g/mol. The van der Waals surface area contributed by atoms with E-state index in [4.69, 9.17) is 15.1 Å². The van der Waals surface area contributed by atoms with Gasteiger partial charge in [-0.15, -0.1) is 10.2 Å². The number of benzene rings is 3. The molecule has 0 spiro atoms. The summed E-state index contributed by atoms with van der Waals surface area (Å²) in [5.74, 6) is 0.859. The van der Waals surface area contributed by atoms with E-state index in [1.807, 2.05) is 24.3 Å². The first-order chi connectivity index (χ1) is 15.4. The van der Waals surface area contributed by atoms with Crippen LogP contribution in [-0.4, -0.2) is 35.7 Å². The lowest BCUT2D eigenvalue weighted by molar-refractivity contribution is 0.414. The zero-order valence-electron chi connectivity index (χ0n) is 17.0. The van der Waals surface area contributed by atoms with Crippen LogP contribution in [0.15, 0.2) is 71.6 Å². The van der Waals surface area contributed by atoms with E-state index in [2.05, 4.69) is 21.5 Å². The fourth-order valence-electron chi connectivity index (χ4n) is 3.27. The SMILES string of the molecule is COc1ccc(Cn2nnc(-c3c(-c4ccc(C#N)cc4)cccc3S(N)(=O)=O)n2)cc1. The lowest BCUT2D eigenvalue weighted by Gasteiger charge is -2.11. The van der Waals surface area contributed by atoms with Gasteiger partial charge in [0, 0.05) is 0 Å². The van der Waals surface area contributed by atoms with Crippen molar-refractivity contribution in [1.29, 1.82) is 5.26 Å². The van der Waals surface area contributed by atoms with E-state index in [1.165, 1.54) is 10.9 Å². The summed E-state index contributed by atoms with van der Waals surface area (Å²) >= 11 is 0. The Balaban J connectivity index is 1.79. The summed E-state index contributed by atoms with van der Waals surface area (Å²) in [7, 11) is -2.47. The standard InChI is InChI=1S/C22H18N6O3S/c1-31-18-11-7-16(8-12-18)14-28-26-22(25-27-28)21-19(3-2-4-20(21)32(24,29)30)17-9-5-15(13-23)6-10-17/h2-12H,14H2,1H3,(H2,24,29,30). The normalized spacial score (nSPS) is 11.2. The smallest absolute Gasteiger partial charge is 0.238 e. The predicted molar refractivity (Wildman–Crippen MR) is 117 cm³/mol. The molecule has 160 valence electrons. The van der Waals surface area contributed by atoms with Crippen molar-refractivity contribution >= 4 is 10.0 Å². The maximum atomic E-state index is 12.3. The van der Waals surface area contributed by atoms with Gasteiger partial charge in [-0.2, -0.15) is 10.1 Å². The van der Waals surface area contributed by atoms with Gasteiger partial charge < -0.3 is 4.74 Å². The van der Waals surface area contributed by atoms with E-state index < -0.39 is 10.0 Å². The number of aromatic nitrogens is 4. The van der Waals surface area contributed by atoms with Crippen molar-refractivity contribution in [3.63, 3.8) is 0 Å². The quantitative estimate of drug-likeness (QED) is 0.480. The van der Waals surface area contributed by atoms with Crippen LogP contribution in [0.5, 0.6) is 5.75 Å². The monoisotopic (exact) mass is 446 g/mol. The van der Waals surface area contributed by atoms with Crippen LogP contribution in [0, 0.1) is 11.3 Å². The molecule has 9 nitrogen and oxygen atoms in total. The summed E-state index contributed by atoms with van der Waals surface area (Å²) in [4.78, 5) is 1.27. The maximum absolute atomic E-state index is 12.3. The zero-order valence-corrected chi connectivity index (χ0v) is 17.8. The van der Waals surface area contributed by atoms with E-state index in [0.717, 1.165) is 11.3 Å². The molecule has 0 saturated carbocycles. The van der Waals surface area contributed by atoms with Crippen LogP contribution in [-0.2, 0) is 16.6 Å². The molecule has 1 aromatic heterocycles. The number of hydrogen-bond donors (Lipinski definition) is 1. The number of rotatable bonds is 6. The first-order valence-corrected chi connectivity index (χ1v) is 11.0. The van der Waals surface area contributed by atoms with Crippen LogP contribution in [0.4, 0.5) is 0 Å². The average molecular weight is 446 g/mol. The molecule has 0 fully saturated rings. The Hall–Kier alpha value is -4.07. The Bertz CT molecular complexity index is 1410. The van der Waals surface area contributed by atoms with Crippen molar-refractivity contribution < 1.29 is 13.2 Å². The Morgan fingerprint density at radius 2 is 1.78 bits per heavy atom. The van der Waals surface area contributed by atoms with Crippen molar-refractivity contribution in [3.8, 4) is 34.3 Å². The molecule has 0 radical (unpaired) electrons. The molecule has 0 amide bonds. The summed E-state index contributed by atoms with van der Waals surface area (Å²) in [5.41, 5.74) is 2.91. The number of primary sulfonamides is 1. The first kappa shape index (κ1) is 21.2. The lowest BCUT2D eigenvalue weighted by atomic mass is 9.98. The molecular formula is C22H18N6O3S. The van der Waals surface area contributed by atoms with Crippen LogP contribution >= 0.6 is 0 Å². The molecule has 0 atom stereocenters. The third-order valence-corrected chi connectivity index (χ3v) is 5.77. The highest BCUT2D eigenvalue weighted by atomic mass is 32.2. The molecule has 0 aliphatic carbocycles. The van der Waals surface area contributed by atoms with Gasteiger partial charge >= 0.3 is 0 Å². The summed E-state index contributed by atoms with van der Waals surface area (Å²) in [6, 6.07) is 21.0. The second-order valence-electron chi connectivity index (χ2n) is 6.90. The van der Waals surface area contributed by atoms with Crippen LogP contribution in [0.2, 0.25) is 0 Å². The highest BCUT2D eigenvalue weighted by Crippen LogP contribution is 2.35. The molecule has 10 heteroatoms. The van der Waals surface area contributed by atoms with E-state index in [1.54, 1.807) is 43.5 Å². The number of methoxy groups -OCH3 is 1. The summed E-state index contributed by atoms with van der Waals surface area (Å²) in [6.45, 7) is 0.334. The number of sulfonamides is 1. The fourth-order valence-corrected chi connectivity index (χ4v) is 4.02. The van der Waals surface area contributed by atoms with Crippen LogP contribution in [0.3, 0.4) is 0 Å². The van der Waals surface area contributed by atoms with Crippen LogP contribution < -0.4 is 9.88 Å². The first-order valence-electron chi connectivity index (χ1n) is 9.46. The van der Waals surface area contributed by atoms with Crippen LogP contribution in [0.1, 0.15) is 11.1 Å². The van der Waals surface area contributed by atoms with E-state index in [0.29, 0.717) is 23.2 Å². The third kappa shape index (κ3) is 4.34. The molecule has 0 aliphatic rings. The van der Waals surface area contributed by atoms with Crippen molar-refractivity contribution in [1.82, 2.24) is 20.2 Å². The average Bonchev–Trinajstić information content (AvgIpc) is 3.26. The van der Waals surface area contributed by atoms with Gasteiger partial charge in [-0.05, 0) is 52.2 Å². The highest BCUT2D eigenvalue weighted by Gasteiger charge is 2.23. The van der Waals surface area contributed by atoms with Gasteiger partial charge in [0.15, 0.2) is 0 Å². The number of ether oxygens (including phenoxy) is 1. The zero-order chi connectivity index (χ0) is 22.7. The van der Waals surface area contributed by atoms with Crippen molar-refractivity contribution in [3.05, 3.63) is 77.9 Å². The topological polar surface area (TPSA) is 137 Å². The molecule has 0 unspecified atom stereocenters. The number of nitrogens with zero attached hydrogens (tertiary/aromatic N) is 5. The number of nitriles is 1. The molecule has 4 aromatic rings. The minimum absolute atomic E-state index is 0.108. The summed E-state index contributed by atoms with van der Waals surface area (Å²) < 4.78 is 29.8. The Morgan fingerprint density at radius 1 is 1.06 bits per heavy atom. The molecule has 1 heterocycles. The molecule has 32 heavy (non-hydrogen) atoms. The van der Waals surface area contributed by atoms with Crippen molar-refractivity contribution in [2.45, 2.75) is 11.4 Å². The van der Waals surface area contributed by atoms with E-state index in [9.17, 15) is 8.42 Å². The van der Waals surface area contributed by atoms with Gasteiger partial charge in [-0.3, -0.25) is 0 Å². The van der Waals surface area contributed by atoms with Gasteiger partial charge in [-0.1, -0.05) is 36.4 Å². The van der Waals surface area contributed by atoms with Gasteiger partial charge in [0.1, 0.15) is 5.75 Å². The summed E-state index contributed by atoms with van der Waals surface area (Å²) in [5, 5.41) is 27.1. The Kier molecular flexibility index (Phi) is 5.68. The summed E-state index contributed by atoms with van der Waals surface area (Å²) in [6.07, 6.45) is 0. The fraction of sp³-hybridized carbons (Fsp3) is 0.0909. The largest absolute Gasteiger partial charge is 0.497 e. The molecule has 3 aromatic carbocycles. The number of tetrazole rings is 1. The Morgan fingerprint density at radius 3 is 2.41 bits per heavy atom. The number of nitrogens with two attached hydrogens (primary N) is 1. The number of hydrogen-bond acceptors (Lipinski definition) is 7. The van der Waals surface area contributed by atoms with Gasteiger partial charge in [0.2, 0.25) is 15.8 Å². The van der Waals surface area contributed by atoms with Gasteiger partial charge in [0.05, 0.1) is 35.7 Å². The van der Waals surface area contributed by atoms with Gasteiger partial charge in [0.25, 0.3) is 0 Å². The molecule has 0 saturated heterocycles. The van der Waals surface area contributed by atoms with Crippen molar-refractivity contribution in [2.24, 2.45) is 5.14 Å². The second-order valence-corrected chi connectivity index (χ2v) is 8.43. The minimum Gasteiger partial charge on any atom is -0.497 e.